The first-order valence-corrected chi connectivity index (χ1v) is 4.09. The number of nitrogens with zero attached hydrogens (tertiary/aromatic N) is 2. The summed E-state index contributed by atoms with van der Waals surface area (Å²) < 4.78 is 0. The molecular formula is C6H5Cl2N3O3. The van der Waals surface area contributed by atoms with Crippen LogP contribution in [0.5, 0.6) is 0 Å². The molecule has 0 aliphatic carbocycles. The Morgan fingerprint density at radius 1 is 1.50 bits per heavy atom. The average Bonchev–Trinajstić information content (AvgIpc) is 2.08. The fraction of sp³-hybridized carbons (Fsp3) is 0. The fourth-order valence-corrected chi connectivity index (χ4v) is 1.16. The molecule has 0 saturated carbocycles. The summed E-state index contributed by atoms with van der Waals surface area (Å²) in [6.07, 6.45) is 0. The molecule has 0 amide bonds. The summed E-state index contributed by atoms with van der Waals surface area (Å²) in [6.45, 7) is 0. The van der Waals surface area contributed by atoms with Crippen molar-refractivity contribution >= 4 is 28.9 Å². The van der Waals surface area contributed by atoms with Crippen molar-refractivity contribution in [3.63, 3.8) is 0 Å². The second-order valence-corrected chi connectivity index (χ2v) is 2.99. The zero-order valence-electron chi connectivity index (χ0n) is 6.68. The maximum Gasteiger partial charge on any atom is 0.318 e. The van der Waals surface area contributed by atoms with Gasteiger partial charge in [0.15, 0.2) is 0 Å². The van der Waals surface area contributed by atoms with Gasteiger partial charge in [0, 0.05) is 0 Å². The average molecular weight is 238 g/mol. The summed E-state index contributed by atoms with van der Waals surface area (Å²) in [5.74, 6) is 5.19. The van der Waals surface area contributed by atoms with Gasteiger partial charge in [-0.3, -0.25) is 0 Å². The van der Waals surface area contributed by atoms with Gasteiger partial charge in [0.2, 0.25) is 0 Å². The highest BCUT2D eigenvalue weighted by Gasteiger charge is 2.12. The highest BCUT2D eigenvalue weighted by atomic mass is 35.5. The minimum atomic E-state index is -1.06. The van der Waals surface area contributed by atoms with Gasteiger partial charge in [0.05, 0.1) is 10.0 Å². The minimum Gasteiger partial charge on any atom is -0.223 e. The third-order valence-electron chi connectivity index (χ3n) is 1.32. The van der Waals surface area contributed by atoms with Crippen LogP contribution in [0, 0.1) is 10.1 Å². The van der Waals surface area contributed by atoms with Crippen LogP contribution in [0.25, 0.3) is 0 Å². The fourth-order valence-electron chi connectivity index (χ4n) is 0.778. The van der Waals surface area contributed by atoms with Gasteiger partial charge in [-0.1, -0.05) is 29.3 Å². The molecule has 1 aromatic carbocycles. The van der Waals surface area contributed by atoms with Gasteiger partial charge in [-0.15, -0.1) is 15.3 Å². The molecule has 0 saturated heterocycles. The van der Waals surface area contributed by atoms with Crippen molar-refractivity contribution in [1.82, 2.24) is 0 Å². The normalized spacial score (nSPS) is 9.64. The van der Waals surface area contributed by atoms with Crippen LogP contribution in [0.4, 0.5) is 5.69 Å². The van der Waals surface area contributed by atoms with Gasteiger partial charge < -0.3 is 0 Å². The molecule has 0 heterocycles. The Hall–Kier alpha value is -1.24. The number of hydrogen-bond donors (Lipinski definition) is 1. The molecule has 0 aliphatic heterocycles. The van der Waals surface area contributed by atoms with Crippen molar-refractivity contribution in [1.29, 1.82) is 0 Å². The van der Waals surface area contributed by atoms with E-state index in [-0.39, 0.29) is 15.7 Å². The van der Waals surface area contributed by atoms with Gasteiger partial charge in [-0.05, 0) is 12.1 Å². The van der Waals surface area contributed by atoms with Crippen LogP contribution in [0.3, 0.4) is 0 Å². The van der Waals surface area contributed by atoms with Crippen LogP contribution in [0.1, 0.15) is 0 Å². The number of anilines is 1. The van der Waals surface area contributed by atoms with Crippen molar-refractivity contribution in [2.24, 2.45) is 5.84 Å². The van der Waals surface area contributed by atoms with Gasteiger partial charge >= 0.3 is 5.09 Å². The highest BCUT2D eigenvalue weighted by molar-refractivity contribution is 6.43. The maximum absolute atomic E-state index is 9.96. The van der Waals surface area contributed by atoms with Gasteiger partial charge in [-0.2, -0.15) is 4.94 Å². The van der Waals surface area contributed by atoms with E-state index in [1.54, 1.807) is 0 Å². The van der Waals surface area contributed by atoms with Crippen molar-refractivity contribution in [3.05, 3.63) is 38.4 Å². The summed E-state index contributed by atoms with van der Waals surface area (Å²) in [6, 6.07) is 4.48. The monoisotopic (exact) mass is 237 g/mol. The van der Waals surface area contributed by atoms with Crippen LogP contribution < -0.4 is 11.0 Å². The first-order chi connectivity index (χ1) is 6.52. The molecule has 1 aromatic rings. The van der Waals surface area contributed by atoms with E-state index >= 15 is 0 Å². The molecule has 76 valence electrons. The number of halogens is 2. The highest BCUT2D eigenvalue weighted by Crippen LogP contribution is 2.31. The van der Waals surface area contributed by atoms with E-state index in [0.29, 0.717) is 5.17 Å². The van der Waals surface area contributed by atoms with Gasteiger partial charge in [-0.25, -0.2) is 5.84 Å². The van der Waals surface area contributed by atoms with Crippen LogP contribution >= 0.6 is 23.2 Å². The third-order valence-corrected chi connectivity index (χ3v) is 2.13. The van der Waals surface area contributed by atoms with E-state index < -0.39 is 5.09 Å². The van der Waals surface area contributed by atoms with Crippen molar-refractivity contribution in [2.45, 2.75) is 0 Å². The van der Waals surface area contributed by atoms with E-state index in [1.165, 1.54) is 18.2 Å². The first-order valence-electron chi connectivity index (χ1n) is 3.33. The molecule has 0 radical (unpaired) electrons. The minimum absolute atomic E-state index is 0.0820. The first kappa shape index (κ1) is 10.8. The lowest BCUT2D eigenvalue weighted by atomic mass is 10.3. The Morgan fingerprint density at radius 3 is 2.71 bits per heavy atom. The molecule has 0 fully saturated rings. The molecule has 1 rings (SSSR count). The summed E-state index contributed by atoms with van der Waals surface area (Å²) in [5, 5.41) is 9.64. The molecule has 0 bridgehead atoms. The molecule has 8 heteroatoms. The van der Waals surface area contributed by atoms with E-state index in [9.17, 15) is 10.1 Å². The number of benzene rings is 1. The summed E-state index contributed by atoms with van der Waals surface area (Å²) in [5.41, 5.74) is 0.107. The SMILES string of the molecule is NN(O[N+](=O)[O-])c1cccc(Cl)c1Cl. The number of rotatable bonds is 3. The van der Waals surface area contributed by atoms with Crippen LogP contribution in [0.15, 0.2) is 18.2 Å². The third kappa shape index (κ3) is 2.38. The molecule has 0 unspecified atom stereocenters. The lowest BCUT2D eigenvalue weighted by Crippen LogP contribution is -2.33. The predicted octanol–water partition coefficient (Wildman–Crippen LogP) is 1.80. The zero-order chi connectivity index (χ0) is 10.7. The molecule has 14 heavy (non-hydrogen) atoms. The second kappa shape index (κ2) is 4.32. The molecule has 2 N–H and O–H groups in total. The van der Waals surface area contributed by atoms with E-state index in [1.807, 2.05) is 0 Å². The molecule has 0 aliphatic rings. The second-order valence-electron chi connectivity index (χ2n) is 2.20. The molecular weight excluding hydrogens is 233 g/mol. The molecule has 0 atom stereocenters. The predicted molar refractivity (Wildman–Crippen MR) is 51.2 cm³/mol. The number of hydrazine groups is 1. The standard InChI is InChI=1S/C6H5Cl2N3O3/c7-4-2-1-3-5(6(4)8)10(9)14-11(12)13/h1-3H,9H2. The number of nitrogens with two attached hydrogens (primary N) is 1. The Labute approximate surface area is 88.8 Å². The smallest absolute Gasteiger partial charge is 0.223 e. The Bertz CT molecular complexity index is 360. The van der Waals surface area contributed by atoms with E-state index in [0.717, 1.165) is 0 Å². The van der Waals surface area contributed by atoms with E-state index in [4.69, 9.17) is 29.0 Å². The maximum atomic E-state index is 9.96. The Morgan fingerprint density at radius 2 is 2.14 bits per heavy atom. The lowest BCUT2D eigenvalue weighted by molar-refractivity contribution is -0.762. The topological polar surface area (TPSA) is 81.6 Å². The molecule has 0 aromatic heterocycles. The van der Waals surface area contributed by atoms with E-state index in [2.05, 4.69) is 4.94 Å². The Kier molecular flexibility index (Phi) is 3.34. The van der Waals surface area contributed by atoms with Crippen LogP contribution in [0.2, 0.25) is 10.0 Å². The Balaban J connectivity index is 2.95. The lowest BCUT2D eigenvalue weighted by Gasteiger charge is -2.15. The summed E-state index contributed by atoms with van der Waals surface area (Å²) >= 11 is 11.4. The largest absolute Gasteiger partial charge is 0.318 e. The summed E-state index contributed by atoms with van der Waals surface area (Å²) in [4.78, 5) is 13.9. The van der Waals surface area contributed by atoms with Crippen molar-refractivity contribution in [2.75, 3.05) is 5.17 Å². The van der Waals surface area contributed by atoms with Crippen molar-refractivity contribution < 1.29 is 10.0 Å². The van der Waals surface area contributed by atoms with Crippen LogP contribution in [-0.2, 0) is 4.94 Å². The molecule has 0 spiro atoms. The molecule has 6 nitrogen and oxygen atoms in total. The quantitative estimate of drug-likeness (QED) is 0.493. The summed E-state index contributed by atoms with van der Waals surface area (Å²) in [7, 11) is 0. The van der Waals surface area contributed by atoms with Crippen LogP contribution in [-0.4, -0.2) is 5.09 Å². The van der Waals surface area contributed by atoms with Gasteiger partial charge in [0.25, 0.3) is 0 Å². The van der Waals surface area contributed by atoms with Gasteiger partial charge in [0.1, 0.15) is 5.69 Å². The zero-order valence-corrected chi connectivity index (χ0v) is 8.20. The number of hydrogen-bond acceptors (Lipinski definition) is 5. The van der Waals surface area contributed by atoms with Crippen molar-refractivity contribution in [3.8, 4) is 0 Å².